The van der Waals surface area contributed by atoms with Crippen molar-refractivity contribution in [1.82, 2.24) is 4.98 Å². The molecule has 78 valence electrons. The van der Waals surface area contributed by atoms with Crippen LogP contribution in [0.4, 0.5) is 5.69 Å². The van der Waals surface area contributed by atoms with Gasteiger partial charge in [0.1, 0.15) is 0 Å². The molecule has 0 aromatic carbocycles. The lowest BCUT2D eigenvalue weighted by Crippen LogP contribution is -2.10. The Hall–Kier alpha value is -1.30. The van der Waals surface area contributed by atoms with Crippen molar-refractivity contribution in [3.8, 4) is 5.88 Å². The highest BCUT2D eigenvalue weighted by Crippen LogP contribution is 2.18. The summed E-state index contributed by atoms with van der Waals surface area (Å²) in [7, 11) is -1.73. The van der Waals surface area contributed by atoms with Crippen LogP contribution in [0.3, 0.4) is 0 Å². The summed E-state index contributed by atoms with van der Waals surface area (Å²) in [5, 5.41) is 0. The van der Waals surface area contributed by atoms with Crippen molar-refractivity contribution in [2.75, 3.05) is 18.1 Å². The summed E-state index contributed by atoms with van der Waals surface area (Å²) < 4.78 is 29.1. The predicted molar refractivity (Wildman–Crippen MR) is 54.0 cm³/mol. The highest BCUT2D eigenvalue weighted by molar-refractivity contribution is 7.92. The zero-order valence-electron chi connectivity index (χ0n) is 8.23. The Labute approximate surface area is 83.2 Å². The SMILES string of the molecule is COc1ncc(NS(C)(=O)=O)cc1C. The summed E-state index contributed by atoms with van der Waals surface area (Å²) in [5.41, 5.74) is 1.21. The van der Waals surface area contributed by atoms with Gasteiger partial charge in [-0.25, -0.2) is 13.4 Å². The first-order valence-electron chi connectivity index (χ1n) is 3.91. The van der Waals surface area contributed by atoms with Crippen molar-refractivity contribution in [3.63, 3.8) is 0 Å². The Morgan fingerprint density at radius 1 is 1.50 bits per heavy atom. The largest absolute Gasteiger partial charge is 0.481 e. The third-order valence-corrected chi connectivity index (χ3v) is 2.13. The maximum atomic E-state index is 10.9. The maximum absolute atomic E-state index is 10.9. The van der Waals surface area contributed by atoms with Gasteiger partial charge in [0.2, 0.25) is 15.9 Å². The minimum atomic E-state index is -3.24. The Morgan fingerprint density at radius 3 is 2.57 bits per heavy atom. The molecule has 1 heterocycles. The fraction of sp³-hybridized carbons (Fsp3) is 0.375. The molecule has 6 heteroatoms. The quantitative estimate of drug-likeness (QED) is 0.810. The second-order valence-electron chi connectivity index (χ2n) is 2.92. The molecular formula is C8H12N2O3S. The third-order valence-electron chi connectivity index (χ3n) is 1.53. The summed E-state index contributed by atoms with van der Waals surface area (Å²) in [4.78, 5) is 3.93. The molecule has 0 fully saturated rings. The molecule has 0 spiro atoms. The van der Waals surface area contributed by atoms with E-state index in [0.717, 1.165) is 11.8 Å². The first-order valence-corrected chi connectivity index (χ1v) is 5.80. The normalized spacial score (nSPS) is 11.1. The van der Waals surface area contributed by atoms with Crippen LogP contribution >= 0.6 is 0 Å². The second-order valence-corrected chi connectivity index (χ2v) is 4.67. The highest BCUT2D eigenvalue weighted by atomic mass is 32.2. The summed E-state index contributed by atoms with van der Waals surface area (Å²) in [6.45, 7) is 1.79. The first-order chi connectivity index (χ1) is 6.42. The molecule has 0 radical (unpaired) electrons. The van der Waals surface area contributed by atoms with Crippen LogP contribution < -0.4 is 9.46 Å². The van der Waals surface area contributed by atoms with Gasteiger partial charge in [0, 0.05) is 5.56 Å². The second kappa shape index (κ2) is 3.83. The first kappa shape index (κ1) is 10.8. The predicted octanol–water partition coefficient (Wildman–Crippen LogP) is 0.770. The average molecular weight is 216 g/mol. The minimum Gasteiger partial charge on any atom is -0.481 e. The maximum Gasteiger partial charge on any atom is 0.229 e. The molecular weight excluding hydrogens is 204 g/mol. The van der Waals surface area contributed by atoms with E-state index in [1.165, 1.54) is 13.3 Å². The van der Waals surface area contributed by atoms with Crippen LogP contribution in [0.1, 0.15) is 5.56 Å². The Morgan fingerprint density at radius 2 is 2.14 bits per heavy atom. The summed E-state index contributed by atoms with van der Waals surface area (Å²) in [6.07, 6.45) is 2.50. The van der Waals surface area contributed by atoms with Gasteiger partial charge in [0.15, 0.2) is 0 Å². The van der Waals surface area contributed by atoms with Gasteiger partial charge in [-0.05, 0) is 13.0 Å². The highest BCUT2D eigenvalue weighted by Gasteiger charge is 2.05. The summed E-state index contributed by atoms with van der Waals surface area (Å²) >= 11 is 0. The Bertz CT molecular complexity index is 428. The summed E-state index contributed by atoms with van der Waals surface area (Å²) in [5.74, 6) is 0.490. The molecule has 0 unspecified atom stereocenters. The van der Waals surface area contributed by atoms with E-state index in [1.54, 1.807) is 13.0 Å². The molecule has 0 saturated carbocycles. The number of anilines is 1. The van der Waals surface area contributed by atoms with Gasteiger partial charge < -0.3 is 4.74 Å². The molecule has 0 amide bonds. The molecule has 0 aliphatic heterocycles. The number of pyridine rings is 1. The number of ether oxygens (including phenoxy) is 1. The molecule has 0 atom stereocenters. The van der Waals surface area contributed by atoms with E-state index >= 15 is 0 Å². The fourth-order valence-corrected chi connectivity index (χ4v) is 1.59. The lowest BCUT2D eigenvalue weighted by molar-refractivity contribution is 0.395. The molecule has 0 bridgehead atoms. The molecule has 0 aliphatic carbocycles. The van der Waals surface area contributed by atoms with Crippen molar-refractivity contribution >= 4 is 15.7 Å². The van der Waals surface area contributed by atoms with Gasteiger partial charge in [-0.15, -0.1) is 0 Å². The fourth-order valence-electron chi connectivity index (χ4n) is 1.05. The van der Waals surface area contributed by atoms with Crippen LogP contribution in [0.25, 0.3) is 0 Å². The monoisotopic (exact) mass is 216 g/mol. The number of aryl methyl sites for hydroxylation is 1. The van der Waals surface area contributed by atoms with Crippen molar-refractivity contribution in [1.29, 1.82) is 0 Å². The standard InChI is InChI=1S/C8H12N2O3S/c1-6-4-7(10-14(3,11)12)5-9-8(6)13-2/h4-5,10H,1-3H3. The topological polar surface area (TPSA) is 68.3 Å². The number of sulfonamides is 1. The number of rotatable bonds is 3. The number of nitrogens with one attached hydrogen (secondary N) is 1. The molecule has 0 aliphatic rings. The van der Waals surface area contributed by atoms with E-state index < -0.39 is 10.0 Å². The van der Waals surface area contributed by atoms with Crippen LogP contribution in [0.5, 0.6) is 5.88 Å². The van der Waals surface area contributed by atoms with Gasteiger partial charge >= 0.3 is 0 Å². The van der Waals surface area contributed by atoms with Crippen molar-refractivity contribution in [2.24, 2.45) is 0 Å². The van der Waals surface area contributed by atoms with E-state index in [2.05, 4.69) is 9.71 Å². The van der Waals surface area contributed by atoms with Crippen LogP contribution in [0, 0.1) is 6.92 Å². The smallest absolute Gasteiger partial charge is 0.229 e. The summed E-state index contributed by atoms with van der Waals surface area (Å²) in [6, 6.07) is 1.66. The number of hydrogen-bond donors (Lipinski definition) is 1. The van der Waals surface area contributed by atoms with Gasteiger partial charge in [0.25, 0.3) is 0 Å². The molecule has 1 aromatic rings. The molecule has 14 heavy (non-hydrogen) atoms. The van der Waals surface area contributed by atoms with Gasteiger partial charge in [-0.1, -0.05) is 0 Å². The van der Waals surface area contributed by atoms with E-state index in [0.29, 0.717) is 11.6 Å². The zero-order chi connectivity index (χ0) is 10.8. The Kier molecular flexibility index (Phi) is 2.95. The van der Waals surface area contributed by atoms with E-state index in [1.807, 2.05) is 0 Å². The zero-order valence-corrected chi connectivity index (χ0v) is 9.05. The van der Waals surface area contributed by atoms with Gasteiger partial charge in [-0.2, -0.15) is 0 Å². The number of aromatic nitrogens is 1. The Balaban J connectivity index is 2.98. The average Bonchev–Trinajstić information content (AvgIpc) is 2.01. The molecule has 1 aromatic heterocycles. The molecule has 0 saturated heterocycles. The lowest BCUT2D eigenvalue weighted by atomic mass is 10.3. The third kappa shape index (κ3) is 2.88. The van der Waals surface area contributed by atoms with E-state index in [4.69, 9.17) is 4.74 Å². The molecule has 1 N–H and O–H groups in total. The molecule has 5 nitrogen and oxygen atoms in total. The van der Waals surface area contributed by atoms with Gasteiger partial charge in [-0.3, -0.25) is 4.72 Å². The van der Waals surface area contributed by atoms with Crippen LogP contribution in [-0.4, -0.2) is 26.8 Å². The minimum absolute atomic E-state index is 0.436. The van der Waals surface area contributed by atoms with Crippen molar-refractivity contribution in [3.05, 3.63) is 17.8 Å². The van der Waals surface area contributed by atoms with Crippen molar-refractivity contribution < 1.29 is 13.2 Å². The number of nitrogens with zero attached hydrogens (tertiary/aromatic N) is 1. The van der Waals surface area contributed by atoms with Crippen LogP contribution in [0.2, 0.25) is 0 Å². The number of hydrogen-bond acceptors (Lipinski definition) is 4. The molecule has 1 rings (SSSR count). The van der Waals surface area contributed by atoms with E-state index in [9.17, 15) is 8.42 Å². The number of methoxy groups -OCH3 is 1. The van der Waals surface area contributed by atoms with Gasteiger partial charge in [0.05, 0.1) is 25.2 Å². The van der Waals surface area contributed by atoms with Crippen molar-refractivity contribution in [2.45, 2.75) is 6.92 Å². The van der Waals surface area contributed by atoms with E-state index in [-0.39, 0.29) is 0 Å². The van der Waals surface area contributed by atoms with Crippen LogP contribution in [0.15, 0.2) is 12.3 Å². The van der Waals surface area contributed by atoms with Crippen LogP contribution in [-0.2, 0) is 10.0 Å². The lowest BCUT2D eigenvalue weighted by Gasteiger charge is -2.06.